The SMILES string of the molecule is CCCC(=O)CCN(CCNC(=O)CCN(CCC[Si](O)(O)O)CCC(=O)NCCN(CCC(=O)CCS)CCC(=O)CCS)CCC(=O)CCS. The summed E-state index contributed by atoms with van der Waals surface area (Å²) in [5.74, 6) is 1.46. The van der Waals surface area contributed by atoms with Crippen molar-refractivity contribution in [2.45, 2.75) is 90.0 Å². The van der Waals surface area contributed by atoms with Crippen LogP contribution >= 0.6 is 37.9 Å². The lowest BCUT2D eigenvalue weighted by molar-refractivity contribution is -0.123. The number of carbonyl (C=O) groups excluding carboxylic acids is 6. The first kappa shape index (κ1) is 50.6. The van der Waals surface area contributed by atoms with Gasteiger partial charge in [-0.25, -0.2) is 0 Å². The third kappa shape index (κ3) is 31.0. The van der Waals surface area contributed by atoms with Crippen LogP contribution in [0.3, 0.4) is 0 Å². The summed E-state index contributed by atoms with van der Waals surface area (Å²) < 4.78 is 0. The zero-order chi connectivity index (χ0) is 39.2. The molecule has 14 nitrogen and oxygen atoms in total. The molecule has 0 aromatic heterocycles. The average molecular weight is 812 g/mol. The minimum Gasteiger partial charge on any atom is -0.390 e. The molecule has 0 aliphatic rings. The highest BCUT2D eigenvalue weighted by atomic mass is 32.1. The van der Waals surface area contributed by atoms with E-state index in [0.717, 1.165) is 6.42 Å². The van der Waals surface area contributed by atoms with Crippen molar-refractivity contribution in [3.8, 4) is 0 Å². The van der Waals surface area contributed by atoms with Crippen LogP contribution in [-0.2, 0) is 28.8 Å². The van der Waals surface area contributed by atoms with E-state index in [1.165, 1.54) is 0 Å². The summed E-state index contributed by atoms with van der Waals surface area (Å²) in [5, 5.41) is 5.77. The minimum absolute atomic E-state index is 0.0914. The zero-order valence-corrected chi connectivity index (χ0v) is 34.7. The predicted octanol–water partition coefficient (Wildman–Crippen LogP) is 0.808. The van der Waals surface area contributed by atoms with Gasteiger partial charge < -0.3 is 39.7 Å². The molecule has 0 heterocycles. The van der Waals surface area contributed by atoms with E-state index >= 15 is 0 Å². The highest BCUT2D eigenvalue weighted by Crippen LogP contribution is 2.06. The fraction of sp³-hybridized carbons (Fsp3) is 0.824. The maximum atomic E-state index is 12.8. The van der Waals surface area contributed by atoms with Crippen LogP contribution in [0.4, 0.5) is 0 Å². The number of ketones is 4. The van der Waals surface area contributed by atoms with Gasteiger partial charge in [-0.1, -0.05) is 6.92 Å². The lowest BCUT2D eigenvalue weighted by Crippen LogP contribution is -2.40. The van der Waals surface area contributed by atoms with Crippen LogP contribution < -0.4 is 10.6 Å². The smallest absolute Gasteiger partial charge is 0.390 e. The Hall–Kier alpha value is -1.35. The summed E-state index contributed by atoms with van der Waals surface area (Å²) in [5.41, 5.74) is 0. The number of amides is 2. The van der Waals surface area contributed by atoms with Crippen LogP contribution in [0.25, 0.3) is 0 Å². The van der Waals surface area contributed by atoms with Crippen molar-refractivity contribution >= 4 is 81.6 Å². The zero-order valence-electron chi connectivity index (χ0n) is 31.1. The number of carbonyl (C=O) groups is 6. The molecule has 0 saturated carbocycles. The Morgan fingerprint density at radius 1 is 0.481 bits per heavy atom. The third-order valence-electron chi connectivity index (χ3n) is 8.33. The molecule has 0 aromatic rings. The van der Waals surface area contributed by atoms with Crippen LogP contribution in [0.15, 0.2) is 0 Å². The van der Waals surface area contributed by atoms with Crippen LogP contribution in [0.5, 0.6) is 0 Å². The molecule has 0 radical (unpaired) electrons. The predicted molar refractivity (Wildman–Crippen MR) is 215 cm³/mol. The molecule has 0 aromatic carbocycles. The summed E-state index contributed by atoms with van der Waals surface area (Å²) in [6.07, 6.45) is 4.38. The van der Waals surface area contributed by atoms with Crippen LogP contribution in [0.2, 0.25) is 6.04 Å². The molecule has 0 aliphatic carbocycles. The van der Waals surface area contributed by atoms with Crippen molar-refractivity contribution < 1.29 is 43.2 Å². The van der Waals surface area contributed by atoms with Gasteiger partial charge in [0, 0.05) is 136 Å². The van der Waals surface area contributed by atoms with Gasteiger partial charge in [0.25, 0.3) is 0 Å². The van der Waals surface area contributed by atoms with Gasteiger partial charge in [-0.05, 0) is 36.6 Å². The van der Waals surface area contributed by atoms with Gasteiger partial charge >= 0.3 is 8.80 Å². The Kier molecular flexibility index (Phi) is 31.1. The van der Waals surface area contributed by atoms with E-state index in [4.69, 9.17) is 0 Å². The minimum atomic E-state index is -4.24. The second-order valence-corrected chi connectivity index (χ2v) is 16.3. The van der Waals surface area contributed by atoms with E-state index in [0.29, 0.717) is 141 Å². The summed E-state index contributed by atoms with van der Waals surface area (Å²) in [4.78, 5) is 108. The Morgan fingerprint density at radius 2 is 0.808 bits per heavy atom. The molecule has 52 heavy (non-hydrogen) atoms. The molecule has 0 aliphatic heterocycles. The van der Waals surface area contributed by atoms with Gasteiger partial charge in [-0.3, -0.25) is 28.8 Å². The maximum Gasteiger partial charge on any atom is 0.492 e. The molecule has 0 rings (SSSR count). The molecule has 0 saturated heterocycles. The fourth-order valence-corrected chi connectivity index (χ4v) is 6.61. The summed E-state index contributed by atoms with van der Waals surface area (Å²) >= 11 is 12.3. The van der Waals surface area contributed by atoms with Crippen molar-refractivity contribution in [1.82, 2.24) is 25.3 Å². The van der Waals surface area contributed by atoms with E-state index in [1.807, 2.05) is 21.6 Å². The Bertz CT molecular complexity index is 943. The largest absolute Gasteiger partial charge is 0.492 e. The van der Waals surface area contributed by atoms with E-state index in [-0.39, 0.29) is 60.3 Å². The molecular weight excluding hydrogens is 747 g/mol. The number of Topliss-reactive ketones (excluding diaryl/α,β-unsaturated/α-hetero) is 4. The van der Waals surface area contributed by atoms with Crippen LogP contribution in [0.1, 0.15) is 84.0 Å². The summed E-state index contributed by atoms with van der Waals surface area (Å²) in [6.45, 7) is 6.45. The van der Waals surface area contributed by atoms with Crippen LogP contribution in [-0.4, -0.2) is 162 Å². The van der Waals surface area contributed by atoms with Gasteiger partial charge in [-0.15, -0.1) is 0 Å². The molecule has 0 atom stereocenters. The standard InChI is InChI=1S/C34H65N5O9S3Si/c1-2-4-29(40)5-17-38(18-6-30(41)11-25-49)23-14-35-33(44)9-21-37(16-3-28-52(46,47)48)22-10-34(45)36-15-24-39(19-7-31(42)12-26-50)20-8-32(43)13-27-51/h46-51H,2-28H2,1H3,(H,35,44)(H,36,45). The average Bonchev–Trinajstić information content (AvgIpc) is 3.07. The molecular formula is C34H65N5O9S3Si. The first-order valence-corrected chi connectivity index (χ1v) is 22.4. The van der Waals surface area contributed by atoms with E-state index in [9.17, 15) is 43.2 Å². The highest BCUT2D eigenvalue weighted by Gasteiger charge is 2.26. The second-order valence-electron chi connectivity index (χ2n) is 12.9. The Balaban J connectivity index is 5.00. The second kappa shape index (κ2) is 31.9. The van der Waals surface area contributed by atoms with Crippen LogP contribution in [0, 0.1) is 0 Å². The third-order valence-corrected chi connectivity index (χ3v) is 10.0. The van der Waals surface area contributed by atoms with Crippen molar-refractivity contribution in [2.24, 2.45) is 0 Å². The Morgan fingerprint density at radius 3 is 1.13 bits per heavy atom. The number of thiol groups is 3. The lowest BCUT2D eigenvalue weighted by Gasteiger charge is -2.24. The van der Waals surface area contributed by atoms with E-state index in [2.05, 4.69) is 48.5 Å². The molecule has 0 unspecified atom stereocenters. The number of nitrogens with one attached hydrogen (secondary N) is 2. The number of rotatable bonds is 36. The molecule has 302 valence electrons. The molecule has 0 bridgehead atoms. The number of hydrogen-bond donors (Lipinski definition) is 8. The lowest BCUT2D eigenvalue weighted by atomic mass is 10.1. The first-order chi connectivity index (χ1) is 24.7. The van der Waals surface area contributed by atoms with Gasteiger partial charge in [-0.2, -0.15) is 37.9 Å². The van der Waals surface area contributed by atoms with E-state index in [1.54, 1.807) is 0 Å². The molecule has 18 heteroatoms. The van der Waals surface area contributed by atoms with Crippen molar-refractivity contribution in [2.75, 3.05) is 89.3 Å². The summed E-state index contributed by atoms with van der Waals surface area (Å²) in [7, 11) is -4.24. The number of nitrogens with zero attached hydrogens (tertiary/aromatic N) is 3. The quantitative estimate of drug-likeness (QED) is 0.0328. The highest BCUT2D eigenvalue weighted by molar-refractivity contribution is 7.80. The van der Waals surface area contributed by atoms with Crippen molar-refractivity contribution in [3.63, 3.8) is 0 Å². The number of hydrogen-bond acceptors (Lipinski definition) is 15. The Labute approximate surface area is 328 Å². The molecule has 0 spiro atoms. The first-order valence-electron chi connectivity index (χ1n) is 18.5. The molecule has 0 fully saturated rings. The molecule has 2 amide bonds. The summed E-state index contributed by atoms with van der Waals surface area (Å²) in [6, 6.07) is -0.169. The fourth-order valence-electron chi connectivity index (χ4n) is 5.23. The van der Waals surface area contributed by atoms with Gasteiger partial charge in [0.05, 0.1) is 0 Å². The maximum absolute atomic E-state index is 12.8. The topological polar surface area (TPSA) is 197 Å². The van der Waals surface area contributed by atoms with Gasteiger partial charge in [0.15, 0.2) is 0 Å². The normalized spacial score (nSPS) is 11.7. The van der Waals surface area contributed by atoms with Crippen molar-refractivity contribution in [1.29, 1.82) is 0 Å². The van der Waals surface area contributed by atoms with Gasteiger partial charge in [0.2, 0.25) is 11.8 Å². The monoisotopic (exact) mass is 811 g/mol. The molecule has 5 N–H and O–H groups in total. The van der Waals surface area contributed by atoms with Crippen molar-refractivity contribution in [3.05, 3.63) is 0 Å². The van der Waals surface area contributed by atoms with E-state index < -0.39 is 8.80 Å². The van der Waals surface area contributed by atoms with Gasteiger partial charge in [0.1, 0.15) is 23.1 Å².